The molecule has 26 heavy (non-hydrogen) atoms. The van der Waals surface area contributed by atoms with Crippen LogP contribution in [0.25, 0.3) is 17.2 Å². The average molecular weight is 348 g/mol. The van der Waals surface area contributed by atoms with Crippen molar-refractivity contribution in [2.24, 2.45) is 0 Å². The van der Waals surface area contributed by atoms with E-state index in [1.54, 1.807) is 35.5 Å². The Hall–Kier alpha value is -3.41. The molecule has 0 spiro atoms. The molecule has 0 bridgehead atoms. The van der Waals surface area contributed by atoms with Gasteiger partial charge in [-0.15, -0.1) is 0 Å². The highest BCUT2D eigenvalue weighted by Gasteiger charge is 2.22. The van der Waals surface area contributed by atoms with E-state index >= 15 is 0 Å². The van der Waals surface area contributed by atoms with Crippen molar-refractivity contribution in [1.82, 2.24) is 14.8 Å². The summed E-state index contributed by atoms with van der Waals surface area (Å²) in [6, 6.07) is 15.9. The first-order valence-electron chi connectivity index (χ1n) is 8.34. The van der Waals surface area contributed by atoms with E-state index < -0.39 is 0 Å². The van der Waals surface area contributed by atoms with Crippen LogP contribution in [-0.2, 0) is 11.3 Å². The van der Waals surface area contributed by atoms with Crippen molar-refractivity contribution in [2.75, 3.05) is 12.0 Å². The average Bonchev–Trinajstić information content (AvgIpc) is 3.11. The molecule has 0 saturated heterocycles. The van der Waals surface area contributed by atoms with E-state index in [1.165, 1.54) is 12.1 Å². The first-order valence-corrected chi connectivity index (χ1v) is 8.34. The van der Waals surface area contributed by atoms with Crippen molar-refractivity contribution in [3.8, 4) is 11.1 Å². The lowest BCUT2D eigenvalue weighted by molar-refractivity contribution is -0.125. The molecule has 0 unspecified atom stereocenters. The van der Waals surface area contributed by atoms with Gasteiger partial charge in [0.2, 0.25) is 0 Å². The van der Waals surface area contributed by atoms with Crippen LogP contribution in [0.3, 0.4) is 0 Å². The van der Waals surface area contributed by atoms with Gasteiger partial charge in [0.15, 0.2) is 5.82 Å². The lowest BCUT2D eigenvalue weighted by atomic mass is 10.1. The number of anilines is 1. The molecule has 130 valence electrons. The second-order valence-corrected chi connectivity index (χ2v) is 5.98. The summed E-state index contributed by atoms with van der Waals surface area (Å²) < 4.78 is 15.0. The predicted octanol–water partition coefficient (Wildman–Crippen LogP) is 3.57. The van der Waals surface area contributed by atoms with Gasteiger partial charge in [0.1, 0.15) is 5.82 Å². The third-order valence-electron chi connectivity index (χ3n) is 4.25. The Morgan fingerprint density at radius 2 is 1.85 bits per heavy atom. The van der Waals surface area contributed by atoms with Gasteiger partial charge in [-0.05, 0) is 29.3 Å². The quantitative estimate of drug-likeness (QED) is 0.736. The molecular weight excluding hydrogens is 331 g/mol. The van der Waals surface area contributed by atoms with E-state index in [0.717, 1.165) is 22.5 Å². The zero-order valence-corrected chi connectivity index (χ0v) is 14.0. The second kappa shape index (κ2) is 6.84. The van der Waals surface area contributed by atoms with Gasteiger partial charge in [-0.25, -0.2) is 14.1 Å². The first-order chi connectivity index (χ1) is 12.7. The summed E-state index contributed by atoms with van der Waals surface area (Å²) >= 11 is 0. The standard InChI is InChI=1S/C20H17FN4O/c21-17-9-7-16(8-10-17)18-14-22-25-13-12-24(23-20(18)25)19(26)11-6-15-4-2-1-3-5-15/h1-11,14,23H,12-13H2/b11-6+. The Bertz CT molecular complexity index is 948. The molecule has 0 saturated carbocycles. The maximum atomic E-state index is 13.2. The number of benzene rings is 2. The molecule has 0 atom stereocenters. The Morgan fingerprint density at radius 3 is 2.62 bits per heavy atom. The maximum Gasteiger partial charge on any atom is 0.265 e. The predicted molar refractivity (Wildman–Crippen MR) is 98.4 cm³/mol. The van der Waals surface area contributed by atoms with E-state index in [-0.39, 0.29) is 11.7 Å². The molecule has 1 aliphatic rings. The molecule has 0 aliphatic carbocycles. The summed E-state index contributed by atoms with van der Waals surface area (Å²) in [4.78, 5) is 12.5. The molecule has 4 rings (SSSR count). The molecular formula is C20H17FN4O. The highest BCUT2D eigenvalue weighted by atomic mass is 19.1. The molecule has 2 aromatic carbocycles. The van der Waals surface area contributed by atoms with Crippen LogP contribution in [0.1, 0.15) is 5.56 Å². The van der Waals surface area contributed by atoms with Gasteiger partial charge in [0.05, 0.1) is 19.3 Å². The minimum Gasteiger partial charge on any atom is -0.279 e. The summed E-state index contributed by atoms with van der Waals surface area (Å²) in [5, 5.41) is 5.91. The Kier molecular flexibility index (Phi) is 4.23. The van der Waals surface area contributed by atoms with Crippen LogP contribution in [0, 0.1) is 5.82 Å². The molecule has 1 aromatic heterocycles. The van der Waals surface area contributed by atoms with Gasteiger partial charge in [0.25, 0.3) is 5.91 Å². The number of hydrogen-bond donors (Lipinski definition) is 1. The van der Waals surface area contributed by atoms with Gasteiger partial charge in [-0.1, -0.05) is 42.5 Å². The van der Waals surface area contributed by atoms with Gasteiger partial charge in [-0.3, -0.25) is 10.2 Å². The topological polar surface area (TPSA) is 50.2 Å². The normalized spacial score (nSPS) is 13.5. The van der Waals surface area contributed by atoms with E-state index in [0.29, 0.717) is 13.1 Å². The van der Waals surface area contributed by atoms with Gasteiger partial charge in [0, 0.05) is 11.6 Å². The molecule has 0 fully saturated rings. The number of nitrogens with one attached hydrogen (secondary N) is 1. The lowest BCUT2D eigenvalue weighted by Gasteiger charge is -2.29. The molecule has 1 aliphatic heterocycles. The van der Waals surface area contributed by atoms with Crippen LogP contribution in [0.2, 0.25) is 0 Å². The highest BCUT2D eigenvalue weighted by Crippen LogP contribution is 2.30. The van der Waals surface area contributed by atoms with Crippen LogP contribution in [-0.4, -0.2) is 27.2 Å². The SMILES string of the molecule is O=C(/C=C/c1ccccc1)N1CCn2ncc(-c3ccc(F)cc3)c2N1. The number of aromatic nitrogens is 2. The van der Waals surface area contributed by atoms with E-state index in [4.69, 9.17) is 0 Å². The number of nitrogens with zero attached hydrogens (tertiary/aromatic N) is 3. The smallest absolute Gasteiger partial charge is 0.265 e. The van der Waals surface area contributed by atoms with Gasteiger partial charge >= 0.3 is 0 Å². The zero-order valence-electron chi connectivity index (χ0n) is 14.0. The largest absolute Gasteiger partial charge is 0.279 e. The fourth-order valence-corrected chi connectivity index (χ4v) is 2.88. The number of carbonyl (C=O) groups is 1. The fraction of sp³-hybridized carbons (Fsp3) is 0.100. The third kappa shape index (κ3) is 3.21. The number of rotatable bonds is 3. The summed E-state index contributed by atoms with van der Waals surface area (Å²) in [6.07, 6.45) is 5.06. The number of amides is 1. The van der Waals surface area contributed by atoms with Crippen molar-refractivity contribution < 1.29 is 9.18 Å². The zero-order chi connectivity index (χ0) is 17.9. The van der Waals surface area contributed by atoms with Crippen molar-refractivity contribution in [3.63, 3.8) is 0 Å². The van der Waals surface area contributed by atoms with Crippen molar-refractivity contribution in [3.05, 3.63) is 78.3 Å². The van der Waals surface area contributed by atoms with E-state index in [1.807, 2.05) is 35.0 Å². The number of fused-ring (bicyclic) bond motifs is 1. The van der Waals surface area contributed by atoms with Crippen LogP contribution >= 0.6 is 0 Å². The van der Waals surface area contributed by atoms with Gasteiger partial charge < -0.3 is 0 Å². The van der Waals surface area contributed by atoms with Crippen molar-refractivity contribution >= 4 is 17.8 Å². The third-order valence-corrected chi connectivity index (χ3v) is 4.25. The van der Waals surface area contributed by atoms with E-state index in [2.05, 4.69) is 10.5 Å². The number of hydrazine groups is 1. The minimum absolute atomic E-state index is 0.133. The van der Waals surface area contributed by atoms with Crippen LogP contribution in [0.5, 0.6) is 0 Å². The second-order valence-electron chi connectivity index (χ2n) is 5.98. The lowest BCUT2D eigenvalue weighted by Crippen LogP contribution is -2.42. The van der Waals surface area contributed by atoms with Crippen LogP contribution in [0.15, 0.2) is 66.9 Å². The Morgan fingerprint density at radius 1 is 1.08 bits per heavy atom. The molecule has 5 nitrogen and oxygen atoms in total. The summed E-state index contributed by atoms with van der Waals surface area (Å²) in [6.45, 7) is 1.10. The van der Waals surface area contributed by atoms with Crippen LogP contribution in [0.4, 0.5) is 10.2 Å². The maximum absolute atomic E-state index is 13.2. The van der Waals surface area contributed by atoms with Crippen molar-refractivity contribution in [1.29, 1.82) is 0 Å². The minimum atomic E-state index is -0.286. The Labute approximate surface area is 150 Å². The van der Waals surface area contributed by atoms with Gasteiger partial charge in [-0.2, -0.15) is 5.10 Å². The fourth-order valence-electron chi connectivity index (χ4n) is 2.88. The van der Waals surface area contributed by atoms with E-state index in [9.17, 15) is 9.18 Å². The monoisotopic (exact) mass is 348 g/mol. The molecule has 1 amide bonds. The summed E-state index contributed by atoms with van der Waals surface area (Å²) in [5.41, 5.74) is 5.77. The Balaban J connectivity index is 1.54. The van der Waals surface area contributed by atoms with Crippen molar-refractivity contribution in [2.45, 2.75) is 6.54 Å². The van der Waals surface area contributed by atoms with Crippen LogP contribution < -0.4 is 5.43 Å². The molecule has 0 radical (unpaired) electrons. The summed E-state index contributed by atoms with van der Waals surface area (Å²) in [5.74, 6) is 0.307. The number of hydrogen-bond acceptors (Lipinski definition) is 3. The highest BCUT2D eigenvalue weighted by molar-refractivity contribution is 5.93. The number of carbonyl (C=O) groups excluding carboxylic acids is 1. The molecule has 1 N–H and O–H groups in total. The first kappa shape index (κ1) is 16.1. The molecule has 2 heterocycles. The molecule has 6 heteroatoms. The molecule has 3 aromatic rings. The number of halogens is 1. The summed E-state index contributed by atoms with van der Waals surface area (Å²) in [7, 11) is 0.